The van der Waals surface area contributed by atoms with Gasteiger partial charge in [0.05, 0.1) is 13.1 Å². The number of halogens is 4. The zero-order valence-corrected chi connectivity index (χ0v) is 18.7. The van der Waals surface area contributed by atoms with Crippen LogP contribution in [0.5, 0.6) is 0 Å². The summed E-state index contributed by atoms with van der Waals surface area (Å²) in [5.74, 6) is -1.28. The van der Waals surface area contributed by atoms with Crippen LogP contribution in [0.25, 0.3) is 11.1 Å². The molecule has 2 aromatic carbocycles. The lowest BCUT2D eigenvalue weighted by atomic mass is 10.0. The van der Waals surface area contributed by atoms with Gasteiger partial charge >= 0.3 is 12.1 Å². The largest absolute Gasteiger partial charge is 0.459 e. The Labute approximate surface area is 194 Å². The molecule has 0 fully saturated rings. The van der Waals surface area contributed by atoms with E-state index in [0.717, 1.165) is 0 Å². The minimum atomic E-state index is -4.68. The number of carbonyl (C=O) groups is 2. The minimum Gasteiger partial charge on any atom is -0.459 e. The molecule has 0 saturated heterocycles. The number of nitrogens with one attached hydrogen (secondary N) is 3. The number of aliphatic hydroxyl groups excluding tert-OH is 1. The number of carbonyl (C=O) groups excluding carboxylic acids is 2. The predicted octanol–water partition coefficient (Wildman–Crippen LogP) is 2.99. The number of esters is 1. The van der Waals surface area contributed by atoms with Gasteiger partial charge < -0.3 is 25.8 Å². The normalized spacial score (nSPS) is 13.1. The summed E-state index contributed by atoms with van der Waals surface area (Å²) in [6, 6.07) is 11.1. The molecule has 0 heterocycles. The molecule has 34 heavy (non-hydrogen) atoms. The molecule has 2 rings (SSSR count). The highest BCUT2D eigenvalue weighted by atomic mass is 19.4. The molecule has 4 N–H and O–H groups in total. The first-order valence-corrected chi connectivity index (χ1v) is 10.5. The average Bonchev–Trinajstić information content (AvgIpc) is 2.75. The first kappa shape index (κ1) is 27.1. The lowest BCUT2D eigenvalue weighted by molar-refractivity contribution is -0.201. The molecule has 0 saturated carbocycles. The molecule has 186 valence electrons. The van der Waals surface area contributed by atoms with Crippen molar-refractivity contribution in [3.63, 3.8) is 0 Å². The zero-order valence-electron chi connectivity index (χ0n) is 18.7. The second-order valence-electron chi connectivity index (χ2n) is 7.63. The number of rotatable bonds is 11. The molecule has 0 aliphatic rings. The van der Waals surface area contributed by atoms with E-state index in [1.165, 1.54) is 19.9 Å². The summed E-state index contributed by atoms with van der Waals surface area (Å²) in [7, 11) is 0. The molecule has 2 atom stereocenters. The van der Waals surface area contributed by atoms with Gasteiger partial charge in [0.25, 0.3) is 0 Å². The SMILES string of the molecule is CC(=O)NC[C@@H](CNc1ccc(-c2ccc(CNCC(O)C(F)(F)F)cc2)c(F)c1)OC(C)=O. The van der Waals surface area contributed by atoms with Crippen LogP contribution >= 0.6 is 0 Å². The molecule has 0 aliphatic heterocycles. The van der Waals surface area contributed by atoms with Gasteiger partial charge in [-0.2, -0.15) is 13.2 Å². The number of benzene rings is 2. The molecule has 11 heteroatoms. The third-order valence-corrected chi connectivity index (χ3v) is 4.72. The van der Waals surface area contributed by atoms with Gasteiger partial charge in [-0.3, -0.25) is 9.59 Å². The zero-order chi connectivity index (χ0) is 25.3. The predicted molar refractivity (Wildman–Crippen MR) is 118 cm³/mol. The topological polar surface area (TPSA) is 99.7 Å². The number of amides is 1. The monoisotopic (exact) mass is 485 g/mol. The van der Waals surface area contributed by atoms with E-state index < -0.39 is 36.7 Å². The first-order valence-electron chi connectivity index (χ1n) is 10.5. The third-order valence-electron chi connectivity index (χ3n) is 4.72. The minimum absolute atomic E-state index is 0.110. The molecular weight excluding hydrogens is 458 g/mol. The number of hydrogen-bond donors (Lipinski definition) is 4. The first-order chi connectivity index (χ1) is 16.0. The Balaban J connectivity index is 1.96. The summed E-state index contributed by atoms with van der Waals surface area (Å²) in [6.07, 6.45) is -7.76. The van der Waals surface area contributed by atoms with Gasteiger partial charge in [0.2, 0.25) is 5.91 Å². The third kappa shape index (κ3) is 8.99. The van der Waals surface area contributed by atoms with Crippen LogP contribution in [0.2, 0.25) is 0 Å². The van der Waals surface area contributed by atoms with Crippen molar-refractivity contribution in [1.29, 1.82) is 0 Å². The van der Waals surface area contributed by atoms with Crippen LogP contribution in [0.15, 0.2) is 42.5 Å². The number of hydrogen-bond acceptors (Lipinski definition) is 6. The van der Waals surface area contributed by atoms with E-state index in [0.29, 0.717) is 22.4 Å². The van der Waals surface area contributed by atoms with Crippen LogP contribution in [-0.4, -0.2) is 55.0 Å². The molecule has 0 aliphatic carbocycles. The van der Waals surface area contributed by atoms with Gasteiger partial charge in [0.15, 0.2) is 6.10 Å². The van der Waals surface area contributed by atoms with Crippen molar-refractivity contribution in [2.24, 2.45) is 0 Å². The van der Waals surface area contributed by atoms with Crippen molar-refractivity contribution in [1.82, 2.24) is 10.6 Å². The van der Waals surface area contributed by atoms with Gasteiger partial charge in [-0.15, -0.1) is 0 Å². The maximum absolute atomic E-state index is 14.7. The molecule has 1 amide bonds. The van der Waals surface area contributed by atoms with Gasteiger partial charge in [0, 0.05) is 38.2 Å². The summed E-state index contributed by atoms with van der Waals surface area (Å²) in [4.78, 5) is 22.3. The van der Waals surface area contributed by atoms with Gasteiger partial charge in [-0.25, -0.2) is 4.39 Å². The van der Waals surface area contributed by atoms with Crippen LogP contribution in [0.4, 0.5) is 23.2 Å². The quantitative estimate of drug-likeness (QED) is 0.289. The highest BCUT2D eigenvalue weighted by molar-refractivity contribution is 5.73. The molecule has 0 spiro atoms. The van der Waals surface area contributed by atoms with Gasteiger partial charge in [-0.05, 0) is 29.3 Å². The van der Waals surface area contributed by atoms with E-state index in [9.17, 15) is 27.2 Å². The fraction of sp³-hybridized carbons (Fsp3) is 0.391. The Morgan fingerprint density at radius 3 is 2.26 bits per heavy atom. The number of anilines is 1. The lowest BCUT2D eigenvalue weighted by Crippen LogP contribution is -2.38. The number of ether oxygens (including phenoxy) is 1. The molecule has 2 aromatic rings. The van der Waals surface area contributed by atoms with Crippen molar-refractivity contribution in [2.75, 3.05) is 25.0 Å². The standard InChI is InChI=1S/C23H27F4N3O4/c1-14(31)29-11-19(34-15(2)32)12-30-18-7-8-20(21(24)9-18)17-5-3-16(4-6-17)10-28-13-22(33)23(25,26)27/h3-9,19,22,28,30,33H,10-13H2,1-2H3,(H,29,31)/t19-,22?/m0/s1. The number of aliphatic hydroxyl groups is 1. The Hall–Kier alpha value is -3.18. The van der Waals surface area contributed by atoms with E-state index in [1.807, 2.05) is 0 Å². The summed E-state index contributed by atoms with van der Waals surface area (Å²) < 4.78 is 56.8. The van der Waals surface area contributed by atoms with Crippen molar-refractivity contribution in [3.8, 4) is 11.1 Å². The maximum Gasteiger partial charge on any atom is 0.415 e. The Kier molecular flexibility index (Phi) is 9.82. The maximum atomic E-state index is 14.7. The van der Waals surface area contributed by atoms with E-state index in [2.05, 4.69) is 16.0 Å². The Bertz CT molecular complexity index is 968. The van der Waals surface area contributed by atoms with Crippen LogP contribution in [0.3, 0.4) is 0 Å². The molecular formula is C23H27F4N3O4. The lowest BCUT2D eigenvalue weighted by Gasteiger charge is -2.19. The highest BCUT2D eigenvalue weighted by Gasteiger charge is 2.37. The van der Waals surface area contributed by atoms with E-state index in [1.54, 1.807) is 36.4 Å². The number of alkyl halides is 3. The molecule has 0 radical (unpaired) electrons. The Morgan fingerprint density at radius 2 is 1.71 bits per heavy atom. The van der Waals surface area contributed by atoms with Crippen molar-refractivity contribution in [2.45, 2.75) is 38.8 Å². The molecule has 1 unspecified atom stereocenters. The molecule has 0 bridgehead atoms. The van der Waals surface area contributed by atoms with Crippen molar-refractivity contribution < 1.29 is 37.0 Å². The summed E-state index contributed by atoms with van der Waals surface area (Å²) in [5, 5.41) is 17.1. The Morgan fingerprint density at radius 1 is 1.03 bits per heavy atom. The van der Waals surface area contributed by atoms with Crippen molar-refractivity contribution >= 4 is 17.6 Å². The fourth-order valence-corrected chi connectivity index (χ4v) is 3.01. The van der Waals surface area contributed by atoms with Crippen LogP contribution < -0.4 is 16.0 Å². The summed E-state index contributed by atoms with van der Waals surface area (Å²) in [5.41, 5.74) is 2.02. The van der Waals surface area contributed by atoms with E-state index in [-0.39, 0.29) is 25.5 Å². The highest BCUT2D eigenvalue weighted by Crippen LogP contribution is 2.26. The average molecular weight is 485 g/mol. The second-order valence-corrected chi connectivity index (χ2v) is 7.63. The van der Waals surface area contributed by atoms with Gasteiger partial charge in [0.1, 0.15) is 11.9 Å². The van der Waals surface area contributed by atoms with E-state index in [4.69, 9.17) is 9.84 Å². The van der Waals surface area contributed by atoms with Crippen LogP contribution in [0.1, 0.15) is 19.4 Å². The van der Waals surface area contributed by atoms with Crippen LogP contribution in [0, 0.1) is 5.82 Å². The van der Waals surface area contributed by atoms with Crippen molar-refractivity contribution in [3.05, 3.63) is 53.8 Å². The van der Waals surface area contributed by atoms with Crippen LogP contribution in [-0.2, 0) is 20.9 Å². The smallest absolute Gasteiger partial charge is 0.415 e. The van der Waals surface area contributed by atoms with Gasteiger partial charge in [-0.1, -0.05) is 24.3 Å². The summed E-state index contributed by atoms with van der Waals surface area (Å²) >= 11 is 0. The van der Waals surface area contributed by atoms with E-state index >= 15 is 0 Å². The molecule has 0 aromatic heterocycles. The summed E-state index contributed by atoms with van der Waals surface area (Å²) in [6.45, 7) is 2.34. The molecule has 7 nitrogen and oxygen atoms in total. The fourth-order valence-electron chi connectivity index (χ4n) is 3.01. The second kappa shape index (κ2) is 12.3.